The van der Waals surface area contributed by atoms with Gasteiger partial charge in [-0.15, -0.1) is 0 Å². The zero-order valence-corrected chi connectivity index (χ0v) is 10.4. The van der Waals surface area contributed by atoms with Gasteiger partial charge in [0.25, 0.3) is 0 Å². The first-order chi connectivity index (χ1) is 9.20. The standard InChI is InChI=1S/C14H13FN2O2/c1-2-19-14(18)12-4-3-9-16-13(12)17-11-7-5-10(15)6-8-11/h3-9H,2H2,1H3,(H,16,17). The summed E-state index contributed by atoms with van der Waals surface area (Å²) in [6, 6.07) is 9.07. The zero-order valence-electron chi connectivity index (χ0n) is 10.4. The highest BCUT2D eigenvalue weighted by Gasteiger charge is 2.13. The first kappa shape index (κ1) is 13.0. The fourth-order valence-corrected chi connectivity index (χ4v) is 1.55. The molecule has 1 heterocycles. The summed E-state index contributed by atoms with van der Waals surface area (Å²) in [5, 5.41) is 2.96. The molecule has 0 aliphatic heterocycles. The number of nitrogens with one attached hydrogen (secondary N) is 1. The number of hydrogen-bond acceptors (Lipinski definition) is 4. The van der Waals surface area contributed by atoms with Crippen LogP contribution in [0.1, 0.15) is 17.3 Å². The number of nitrogens with zero attached hydrogens (tertiary/aromatic N) is 1. The summed E-state index contributed by atoms with van der Waals surface area (Å²) in [5.74, 6) is -0.384. The van der Waals surface area contributed by atoms with Crippen LogP contribution in [0, 0.1) is 5.82 Å². The highest BCUT2D eigenvalue weighted by atomic mass is 19.1. The van der Waals surface area contributed by atoms with E-state index in [0.29, 0.717) is 23.7 Å². The minimum Gasteiger partial charge on any atom is -0.462 e. The molecule has 0 fully saturated rings. The maximum atomic E-state index is 12.8. The van der Waals surface area contributed by atoms with Crippen molar-refractivity contribution in [1.82, 2.24) is 4.98 Å². The lowest BCUT2D eigenvalue weighted by Gasteiger charge is -2.09. The predicted octanol–water partition coefficient (Wildman–Crippen LogP) is 3.14. The molecule has 0 saturated heterocycles. The molecular formula is C14H13FN2O2. The maximum Gasteiger partial charge on any atom is 0.341 e. The van der Waals surface area contributed by atoms with Crippen molar-refractivity contribution in [3.8, 4) is 0 Å². The highest BCUT2D eigenvalue weighted by Crippen LogP contribution is 2.19. The Morgan fingerprint density at radius 3 is 2.74 bits per heavy atom. The Kier molecular flexibility index (Phi) is 4.07. The topological polar surface area (TPSA) is 51.2 Å². The molecule has 4 nitrogen and oxygen atoms in total. The molecule has 0 radical (unpaired) electrons. The van der Waals surface area contributed by atoms with Crippen molar-refractivity contribution in [3.63, 3.8) is 0 Å². The molecule has 19 heavy (non-hydrogen) atoms. The second kappa shape index (κ2) is 5.95. The monoisotopic (exact) mass is 260 g/mol. The van der Waals surface area contributed by atoms with Gasteiger partial charge in [0.2, 0.25) is 0 Å². The van der Waals surface area contributed by atoms with Crippen LogP contribution in [-0.4, -0.2) is 17.6 Å². The smallest absolute Gasteiger partial charge is 0.341 e. The lowest BCUT2D eigenvalue weighted by molar-refractivity contribution is 0.0527. The Bertz CT molecular complexity index is 570. The van der Waals surface area contributed by atoms with Gasteiger partial charge in [-0.05, 0) is 43.3 Å². The van der Waals surface area contributed by atoms with Crippen LogP contribution in [0.2, 0.25) is 0 Å². The van der Waals surface area contributed by atoms with Crippen molar-refractivity contribution in [3.05, 3.63) is 54.0 Å². The number of rotatable bonds is 4. The molecule has 0 atom stereocenters. The lowest BCUT2D eigenvalue weighted by Crippen LogP contribution is -2.09. The van der Waals surface area contributed by atoms with Crippen molar-refractivity contribution in [2.24, 2.45) is 0 Å². The van der Waals surface area contributed by atoms with E-state index in [-0.39, 0.29) is 5.82 Å². The highest BCUT2D eigenvalue weighted by molar-refractivity contribution is 5.95. The van der Waals surface area contributed by atoms with Crippen LogP contribution in [-0.2, 0) is 4.74 Å². The number of anilines is 2. The minimum atomic E-state index is -0.444. The number of pyridine rings is 1. The lowest BCUT2D eigenvalue weighted by atomic mass is 10.2. The van der Waals surface area contributed by atoms with Crippen LogP contribution in [0.3, 0.4) is 0 Å². The van der Waals surface area contributed by atoms with Crippen molar-refractivity contribution < 1.29 is 13.9 Å². The second-order valence-electron chi connectivity index (χ2n) is 3.75. The number of hydrogen-bond donors (Lipinski definition) is 1. The van der Waals surface area contributed by atoms with E-state index in [0.717, 1.165) is 0 Å². The van der Waals surface area contributed by atoms with E-state index < -0.39 is 5.97 Å². The summed E-state index contributed by atoms with van der Waals surface area (Å²) in [7, 11) is 0. The number of carbonyl (C=O) groups is 1. The van der Waals surface area contributed by atoms with Gasteiger partial charge in [-0.2, -0.15) is 0 Å². The van der Waals surface area contributed by atoms with Gasteiger partial charge in [0.1, 0.15) is 17.2 Å². The largest absolute Gasteiger partial charge is 0.462 e. The molecule has 2 aromatic rings. The minimum absolute atomic E-state index is 0.295. The van der Waals surface area contributed by atoms with Gasteiger partial charge in [0.05, 0.1) is 6.61 Å². The number of esters is 1. The molecule has 2 rings (SSSR count). The van der Waals surface area contributed by atoms with E-state index >= 15 is 0 Å². The summed E-state index contributed by atoms with van der Waals surface area (Å²) in [4.78, 5) is 15.8. The van der Waals surface area contributed by atoms with Crippen LogP contribution in [0.5, 0.6) is 0 Å². The Morgan fingerprint density at radius 2 is 2.05 bits per heavy atom. The fourth-order valence-electron chi connectivity index (χ4n) is 1.55. The van der Waals surface area contributed by atoms with E-state index in [4.69, 9.17) is 4.74 Å². The molecule has 1 N–H and O–H groups in total. The quantitative estimate of drug-likeness (QED) is 0.858. The maximum absolute atomic E-state index is 12.8. The molecule has 98 valence electrons. The fraction of sp³-hybridized carbons (Fsp3) is 0.143. The van der Waals surface area contributed by atoms with Crippen molar-refractivity contribution >= 4 is 17.5 Å². The molecule has 0 aliphatic rings. The third-order valence-corrected chi connectivity index (χ3v) is 2.41. The van der Waals surface area contributed by atoms with Crippen LogP contribution >= 0.6 is 0 Å². The molecule has 5 heteroatoms. The molecule has 0 saturated carbocycles. The van der Waals surface area contributed by atoms with Crippen molar-refractivity contribution in [2.45, 2.75) is 6.92 Å². The molecule has 0 unspecified atom stereocenters. The zero-order chi connectivity index (χ0) is 13.7. The van der Waals surface area contributed by atoms with Gasteiger partial charge in [-0.25, -0.2) is 14.2 Å². The SMILES string of the molecule is CCOC(=O)c1cccnc1Nc1ccc(F)cc1. The van der Waals surface area contributed by atoms with E-state index in [1.54, 1.807) is 37.4 Å². The Hall–Kier alpha value is -2.43. The molecule has 0 spiro atoms. The summed E-state index contributed by atoms with van der Waals surface area (Å²) in [6.07, 6.45) is 1.56. The number of aromatic nitrogens is 1. The number of ether oxygens (including phenoxy) is 1. The van der Waals surface area contributed by atoms with Gasteiger partial charge < -0.3 is 10.1 Å². The van der Waals surface area contributed by atoms with Crippen LogP contribution in [0.4, 0.5) is 15.9 Å². The first-order valence-electron chi connectivity index (χ1n) is 5.85. The molecule has 0 bridgehead atoms. The van der Waals surface area contributed by atoms with Crippen LogP contribution in [0.15, 0.2) is 42.6 Å². The van der Waals surface area contributed by atoms with Gasteiger partial charge in [-0.1, -0.05) is 0 Å². The number of halogens is 1. The van der Waals surface area contributed by atoms with Gasteiger partial charge in [-0.3, -0.25) is 0 Å². The second-order valence-corrected chi connectivity index (χ2v) is 3.75. The molecule has 1 aromatic carbocycles. The third-order valence-electron chi connectivity index (χ3n) is 2.41. The van der Waals surface area contributed by atoms with Gasteiger partial charge in [0.15, 0.2) is 0 Å². The van der Waals surface area contributed by atoms with E-state index in [1.165, 1.54) is 12.1 Å². The summed E-state index contributed by atoms with van der Waals surface area (Å²) >= 11 is 0. The summed E-state index contributed by atoms with van der Waals surface area (Å²) < 4.78 is 17.8. The van der Waals surface area contributed by atoms with Crippen molar-refractivity contribution in [1.29, 1.82) is 0 Å². The van der Waals surface area contributed by atoms with E-state index in [2.05, 4.69) is 10.3 Å². The average molecular weight is 260 g/mol. The summed E-state index contributed by atoms with van der Waals surface area (Å²) in [5.41, 5.74) is 0.985. The van der Waals surface area contributed by atoms with Crippen molar-refractivity contribution in [2.75, 3.05) is 11.9 Å². The van der Waals surface area contributed by atoms with Gasteiger partial charge in [0, 0.05) is 11.9 Å². The van der Waals surface area contributed by atoms with Crippen LogP contribution in [0.25, 0.3) is 0 Å². The first-order valence-corrected chi connectivity index (χ1v) is 5.85. The third kappa shape index (κ3) is 3.28. The van der Waals surface area contributed by atoms with E-state index in [9.17, 15) is 9.18 Å². The molecular weight excluding hydrogens is 247 g/mol. The average Bonchev–Trinajstić information content (AvgIpc) is 2.42. The normalized spacial score (nSPS) is 10.0. The number of carbonyl (C=O) groups excluding carboxylic acids is 1. The Labute approximate surface area is 110 Å². The van der Waals surface area contributed by atoms with Crippen LogP contribution < -0.4 is 5.32 Å². The van der Waals surface area contributed by atoms with Gasteiger partial charge >= 0.3 is 5.97 Å². The number of benzene rings is 1. The molecule has 1 aromatic heterocycles. The molecule has 0 amide bonds. The van der Waals surface area contributed by atoms with E-state index in [1.807, 2.05) is 0 Å². The Balaban J connectivity index is 2.24. The molecule has 0 aliphatic carbocycles. The predicted molar refractivity (Wildman–Crippen MR) is 69.9 cm³/mol. The summed E-state index contributed by atoms with van der Waals surface area (Å²) in [6.45, 7) is 2.03. The Morgan fingerprint density at radius 1 is 1.32 bits per heavy atom.